The van der Waals surface area contributed by atoms with Gasteiger partial charge in [0.2, 0.25) is 0 Å². The molecule has 0 saturated carbocycles. The number of fused-ring (bicyclic) bond motifs is 1. The zero-order chi connectivity index (χ0) is 25.1. The van der Waals surface area contributed by atoms with Gasteiger partial charge < -0.3 is 20.5 Å². The molecule has 2 aromatic carbocycles. The fraction of sp³-hybridized carbons (Fsp3) is 0.280. The molecule has 0 aliphatic carbocycles. The molecule has 186 valence electrons. The van der Waals surface area contributed by atoms with Gasteiger partial charge in [-0.25, -0.2) is 13.8 Å². The van der Waals surface area contributed by atoms with E-state index in [1.807, 2.05) is 0 Å². The molecule has 1 aliphatic rings. The molecule has 0 bridgehead atoms. The molecule has 9 nitrogen and oxygen atoms in total. The number of H-pyrrole nitrogens is 2. The van der Waals surface area contributed by atoms with E-state index >= 15 is 0 Å². The summed E-state index contributed by atoms with van der Waals surface area (Å²) in [6, 6.07) is 8.32. The van der Waals surface area contributed by atoms with Crippen molar-refractivity contribution in [3.05, 3.63) is 65.4 Å². The maximum Gasteiger partial charge on any atom is 0.261 e. The summed E-state index contributed by atoms with van der Waals surface area (Å²) >= 11 is 0. The number of benzene rings is 2. The van der Waals surface area contributed by atoms with Crippen LogP contribution < -0.4 is 10.6 Å². The lowest BCUT2D eigenvalue weighted by atomic mass is 10.2. The van der Waals surface area contributed by atoms with Crippen LogP contribution in [-0.4, -0.2) is 63.1 Å². The zero-order valence-corrected chi connectivity index (χ0v) is 19.4. The van der Waals surface area contributed by atoms with E-state index in [4.69, 9.17) is 0 Å². The van der Waals surface area contributed by atoms with Crippen molar-refractivity contribution in [3.8, 4) is 11.5 Å². The molecule has 0 radical (unpaired) electrons. The lowest BCUT2D eigenvalue weighted by molar-refractivity contribution is 0.0951. The number of amides is 2. The first kappa shape index (κ1) is 23.6. The Morgan fingerprint density at radius 2 is 1.83 bits per heavy atom. The van der Waals surface area contributed by atoms with Crippen LogP contribution in [-0.2, 0) is 0 Å². The third-order valence-corrected chi connectivity index (χ3v) is 6.18. The maximum absolute atomic E-state index is 14.0. The Balaban J connectivity index is 1.28. The average molecular weight is 494 g/mol. The summed E-state index contributed by atoms with van der Waals surface area (Å²) in [5.41, 5.74) is 1.44. The first-order chi connectivity index (χ1) is 17.5. The molecular formula is C25H25F2N7O2. The van der Waals surface area contributed by atoms with Crippen LogP contribution in [0.3, 0.4) is 0 Å². The van der Waals surface area contributed by atoms with Crippen molar-refractivity contribution >= 4 is 28.5 Å². The summed E-state index contributed by atoms with van der Waals surface area (Å²) in [7, 11) is 0. The van der Waals surface area contributed by atoms with E-state index in [1.54, 1.807) is 18.2 Å². The highest BCUT2D eigenvalue weighted by Gasteiger charge is 2.21. The molecule has 0 spiro atoms. The maximum atomic E-state index is 14.0. The molecule has 4 aromatic rings. The van der Waals surface area contributed by atoms with Crippen LogP contribution in [0.1, 0.15) is 40.0 Å². The first-order valence-electron chi connectivity index (χ1n) is 11.8. The highest BCUT2D eigenvalue weighted by molar-refractivity contribution is 6.06. The van der Waals surface area contributed by atoms with Crippen molar-refractivity contribution in [1.82, 2.24) is 30.4 Å². The SMILES string of the molecule is O=C(NCCCN1CCCC1)c1ccc2[nH]c(-c3n[nH]cc3NC(=O)c3c(F)cccc3F)nc2c1. The van der Waals surface area contributed by atoms with Crippen LogP contribution in [0.2, 0.25) is 0 Å². The minimum absolute atomic E-state index is 0.178. The van der Waals surface area contributed by atoms with Gasteiger partial charge in [-0.1, -0.05) is 6.07 Å². The van der Waals surface area contributed by atoms with Gasteiger partial charge in [-0.05, 0) is 69.2 Å². The second-order valence-electron chi connectivity index (χ2n) is 8.67. The fourth-order valence-electron chi connectivity index (χ4n) is 4.34. The Morgan fingerprint density at radius 1 is 1.06 bits per heavy atom. The number of nitrogens with one attached hydrogen (secondary N) is 4. The van der Waals surface area contributed by atoms with Gasteiger partial charge in [0.25, 0.3) is 11.8 Å². The van der Waals surface area contributed by atoms with Crippen molar-refractivity contribution in [2.75, 3.05) is 31.5 Å². The monoisotopic (exact) mass is 493 g/mol. The lowest BCUT2D eigenvalue weighted by Crippen LogP contribution is -2.28. The summed E-state index contributed by atoms with van der Waals surface area (Å²) in [5, 5.41) is 12.2. The quantitative estimate of drug-likeness (QED) is 0.279. The summed E-state index contributed by atoms with van der Waals surface area (Å²) in [6.07, 6.45) is 4.77. The smallest absolute Gasteiger partial charge is 0.261 e. The number of carbonyl (C=O) groups is 2. The van der Waals surface area contributed by atoms with Crippen molar-refractivity contribution in [2.24, 2.45) is 0 Å². The molecule has 1 aliphatic heterocycles. The highest BCUT2D eigenvalue weighted by atomic mass is 19.1. The standard InChI is InChI=1S/C25H25F2N7O2/c26-16-5-3-6-17(27)21(16)25(36)32-20-14-29-33-22(20)23-30-18-8-7-15(13-19(18)31-23)24(35)28-9-4-12-34-10-1-2-11-34/h3,5-8,13-14H,1-2,4,9-12H2,(H,28,35)(H,29,33)(H,30,31)(H,32,36). The molecule has 2 amide bonds. The van der Waals surface area contributed by atoms with Crippen LogP contribution in [0, 0.1) is 11.6 Å². The number of halogens is 2. The van der Waals surface area contributed by atoms with E-state index in [0.29, 0.717) is 29.0 Å². The van der Waals surface area contributed by atoms with Crippen LogP contribution in [0.15, 0.2) is 42.6 Å². The number of imidazole rings is 1. The summed E-state index contributed by atoms with van der Waals surface area (Å²) < 4.78 is 28.0. The predicted molar refractivity (Wildman–Crippen MR) is 131 cm³/mol. The number of rotatable bonds is 8. The Morgan fingerprint density at radius 3 is 2.61 bits per heavy atom. The van der Waals surface area contributed by atoms with Gasteiger partial charge in [0, 0.05) is 18.3 Å². The number of nitrogens with zero attached hydrogens (tertiary/aromatic N) is 3. The van der Waals surface area contributed by atoms with Crippen LogP contribution in [0.5, 0.6) is 0 Å². The molecule has 4 N–H and O–H groups in total. The molecule has 0 unspecified atom stereocenters. The number of hydrogen-bond donors (Lipinski definition) is 4. The third kappa shape index (κ3) is 4.96. The number of anilines is 1. The molecule has 1 saturated heterocycles. The van der Waals surface area contributed by atoms with E-state index in [1.165, 1.54) is 25.1 Å². The molecule has 0 atom stereocenters. The minimum Gasteiger partial charge on any atom is -0.352 e. The molecule has 1 fully saturated rings. The second-order valence-corrected chi connectivity index (χ2v) is 8.67. The van der Waals surface area contributed by atoms with Crippen molar-refractivity contribution in [3.63, 3.8) is 0 Å². The highest BCUT2D eigenvalue weighted by Crippen LogP contribution is 2.27. The van der Waals surface area contributed by atoms with E-state index in [0.717, 1.165) is 38.2 Å². The van der Waals surface area contributed by atoms with Gasteiger partial charge in [-0.15, -0.1) is 0 Å². The van der Waals surface area contributed by atoms with E-state index < -0.39 is 23.1 Å². The van der Waals surface area contributed by atoms with Gasteiger partial charge in [-0.3, -0.25) is 14.7 Å². The third-order valence-electron chi connectivity index (χ3n) is 6.18. The summed E-state index contributed by atoms with van der Waals surface area (Å²) in [6.45, 7) is 3.84. The summed E-state index contributed by atoms with van der Waals surface area (Å²) in [4.78, 5) is 35.1. The van der Waals surface area contributed by atoms with Crippen molar-refractivity contribution < 1.29 is 18.4 Å². The predicted octanol–water partition coefficient (Wildman–Crippen LogP) is 3.70. The van der Waals surface area contributed by atoms with Crippen molar-refractivity contribution in [1.29, 1.82) is 0 Å². The Labute approximate surface area is 205 Å². The van der Waals surface area contributed by atoms with E-state index in [-0.39, 0.29) is 17.3 Å². The van der Waals surface area contributed by atoms with Crippen LogP contribution >= 0.6 is 0 Å². The molecule has 36 heavy (non-hydrogen) atoms. The Kier molecular flexibility index (Phi) is 6.72. The van der Waals surface area contributed by atoms with Gasteiger partial charge in [0.15, 0.2) is 11.5 Å². The van der Waals surface area contributed by atoms with Gasteiger partial charge >= 0.3 is 0 Å². The molecule has 2 aromatic heterocycles. The number of aromatic amines is 2. The largest absolute Gasteiger partial charge is 0.352 e. The molecular weight excluding hydrogens is 468 g/mol. The Hall–Kier alpha value is -4.12. The Bertz CT molecular complexity index is 1390. The summed E-state index contributed by atoms with van der Waals surface area (Å²) in [5.74, 6) is -2.75. The minimum atomic E-state index is -0.969. The number of carbonyl (C=O) groups excluding carboxylic acids is 2. The number of aromatic nitrogens is 4. The zero-order valence-electron chi connectivity index (χ0n) is 19.4. The number of likely N-dealkylation sites (tertiary alicyclic amines) is 1. The van der Waals surface area contributed by atoms with E-state index in [2.05, 4.69) is 35.7 Å². The normalized spacial score (nSPS) is 13.8. The van der Waals surface area contributed by atoms with Gasteiger partial charge in [0.1, 0.15) is 17.2 Å². The fourth-order valence-corrected chi connectivity index (χ4v) is 4.34. The van der Waals surface area contributed by atoms with E-state index in [9.17, 15) is 18.4 Å². The topological polar surface area (TPSA) is 119 Å². The van der Waals surface area contributed by atoms with Gasteiger partial charge in [0.05, 0.1) is 16.7 Å². The van der Waals surface area contributed by atoms with Crippen molar-refractivity contribution in [2.45, 2.75) is 19.3 Å². The first-order valence-corrected chi connectivity index (χ1v) is 11.8. The van der Waals surface area contributed by atoms with Crippen LogP contribution in [0.4, 0.5) is 14.5 Å². The lowest BCUT2D eigenvalue weighted by Gasteiger charge is -2.14. The van der Waals surface area contributed by atoms with Crippen LogP contribution in [0.25, 0.3) is 22.6 Å². The molecule has 3 heterocycles. The second kappa shape index (κ2) is 10.2. The number of hydrogen-bond acceptors (Lipinski definition) is 5. The molecule has 11 heteroatoms. The molecule has 5 rings (SSSR count). The average Bonchev–Trinajstić information content (AvgIpc) is 3.61. The van der Waals surface area contributed by atoms with Gasteiger partial charge in [-0.2, -0.15) is 5.10 Å².